The Balaban J connectivity index is 2.44. The molecule has 0 radical (unpaired) electrons. The summed E-state index contributed by atoms with van der Waals surface area (Å²) in [6.07, 6.45) is 0. The number of hydrogen-bond acceptors (Lipinski definition) is 3. The van der Waals surface area contributed by atoms with Gasteiger partial charge in [-0.1, -0.05) is 17.7 Å². The van der Waals surface area contributed by atoms with E-state index in [1.54, 1.807) is 12.1 Å². The molecule has 0 bridgehead atoms. The van der Waals surface area contributed by atoms with Crippen molar-refractivity contribution >= 4 is 37.6 Å². The zero-order valence-corrected chi connectivity index (χ0v) is 13.0. The summed E-state index contributed by atoms with van der Waals surface area (Å²) in [6, 6.07) is 4.87. The van der Waals surface area contributed by atoms with Gasteiger partial charge in [0.15, 0.2) is 0 Å². The molecule has 1 aromatic rings. The van der Waals surface area contributed by atoms with E-state index in [-0.39, 0.29) is 16.0 Å². The summed E-state index contributed by atoms with van der Waals surface area (Å²) in [5.74, 6) is 0. The van der Waals surface area contributed by atoms with Crippen molar-refractivity contribution in [1.82, 2.24) is 9.62 Å². The van der Waals surface area contributed by atoms with E-state index in [4.69, 9.17) is 11.6 Å². The summed E-state index contributed by atoms with van der Waals surface area (Å²) in [5, 5.41) is 3.40. The van der Waals surface area contributed by atoms with Crippen molar-refractivity contribution in [3.8, 4) is 0 Å². The first-order chi connectivity index (χ1) is 8.44. The molecule has 4 nitrogen and oxygen atoms in total. The molecular formula is C11H14BrClN2O2S. The monoisotopic (exact) mass is 352 g/mol. The van der Waals surface area contributed by atoms with E-state index in [1.165, 1.54) is 10.4 Å². The number of nitrogens with zero attached hydrogens (tertiary/aromatic N) is 1. The number of hydrogen-bond donors (Lipinski definition) is 1. The van der Waals surface area contributed by atoms with Crippen LogP contribution in [0.4, 0.5) is 0 Å². The van der Waals surface area contributed by atoms with Gasteiger partial charge in [0.05, 0.1) is 5.02 Å². The lowest BCUT2D eigenvalue weighted by molar-refractivity contribution is 0.284. The van der Waals surface area contributed by atoms with Crippen molar-refractivity contribution in [2.24, 2.45) is 0 Å². The van der Waals surface area contributed by atoms with Crippen LogP contribution in [-0.4, -0.2) is 38.4 Å². The molecular weight excluding hydrogens is 340 g/mol. The number of halogens is 2. The van der Waals surface area contributed by atoms with E-state index in [9.17, 15) is 8.42 Å². The van der Waals surface area contributed by atoms with E-state index in [1.807, 2.05) is 6.92 Å². The first-order valence-electron chi connectivity index (χ1n) is 5.61. The Labute approximate surface area is 120 Å². The lowest BCUT2D eigenvalue weighted by Gasteiger charge is -2.33. The van der Waals surface area contributed by atoms with E-state index in [2.05, 4.69) is 21.2 Å². The van der Waals surface area contributed by atoms with E-state index in [0.29, 0.717) is 24.1 Å². The summed E-state index contributed by atoms with van der Waals surface area (Å²) >= 11 is 9.33. The molecule has 100 valence electrons. The van der Waals surface area contributed by atoms with Crippen LogP contribution in [0.1, 0.15) is 6.92 Å². The highest BCUT2D eigenvalue weighted by atomic mass is 79.9. The summed E-state index contributed by atoms with van der Waals surface area (Å²) in [4.78, 5) is 0.160. The molecule has 0 saturated carbocycles. The molecule has 1 aliphatic heterocycles. The average Bonchev–Trinajstić information content (AvgIpc) is 2.32. The first-order valence-corrected chi connectivity index (χ1v) is 8.22. The SMILES string of the molecule is C[C@H]1CNCCN1S(=O)(=O)c1cccc(Br)c1Cl. The maximum Gasteiger partial charge on any atom is 0.244 e. The van der Waals surface area contributed by atoms with Crippen LogP contribution in [-0.2, 0) is 10.0 Å². The molecule has 1 atom stereocenters. The van der Waals surface area contributed by atoms with Gasteiger partial charge in [0.2, 0.25) is 10.0 Å². The van der Waals surface area contributed by atoms with Crippen molar-refractivity contribution in [3.63, 3.8) is 0 Å². The number of benzene rings is 1. The molecule has 0 unspecified atom stereocenters. The summed E-state index contributed by atoms with van der Waals surface area (Å²) in [6.45, 7) is 3.67. The van der Waals surface area contributed by atoms with Crippen molar-refractivity contribution < 1.29 is 8.42 Å². The average molecular weight is 354 g/mol. The normalized spacial score (nSPS) is 22.1. The number of nitrogens with one attached hydrogen (secondary N) is 1. The largest absolute Gasteiger partial charge is 0.314 e. The highest BCUT2D eigenvalue weighted by Gasteiger charge is 2.32. The minimum absolute atomic E-state index is 0.0706. The molecule has 0 amide bonds. The van der Waals surface area contributed by atoms with E-state index >= 15 is 0 Å². The van der Waals surface area contributed by atoms with Gasteiger partial charge in [-0.25, -0.2) is 8.42 Å². The van der Waals surface area contributed by atoms with Crippen LogP contribution < -0.4 is 5.32 Å². The molecule has 1 aromatic carbocycles. The Hall–Kier alpha value is -0.140. The van der Waals surface area contributed by atoms with E-state index < -0.39 is 10.0 Å². The minimum Gasteiger partial charge on any atom is -0.314 e. The van der Waals surface area contributed by atoms with Gasteiger partial charge in [-0.3, -0.25) is 0 Å². The van der Waals surface area contributed by atoms with Gasteiger partial charge in [0.25, 0.3) is 0 Å². The third kappa shape index (κ3) is 2.58. The Morgan fingerprint density at radius 1 is 1.50 bits per heavy atom. The predicted octanol–water partition coefficient (Wildman–Crippen LogP) is 2.08. The molecule has 18 heavy (non-hydrogen) atoms. The fourth-order valence-electron chi connectivity index (χ4n) is 1.99. The summed E-state index contributed by atoms with van der Waals surface area (Å²) < 4.78 is 27.2. The van der Waals surface area contributed by atoms with Crippen LogP contribution in [0.25, 0.3) is 0 Å². The molecule has 1 saturated heterocycles. The van der Waals surface area contributed by atoms with Crippen LogP contribution in [0.3, 0.4) is 0 Å². The minimum atomic E-state index is -3.53. The topological polar surface area (TPSA) is 49.4 Å². The zero-order valence-electron chi connectivity index (χ0n) is 9.86. The fraction of sp³-hybridized carbons (Fsp3) is 0.455. The van der Waals surface area contributed by atoms with Crippen molar-refractivity contribution in [1.29, 1.82) is 0 Å². The van der Waals surface area contributed by atoms with Crippen molar-refractivity contribution in [2.45, 2.75) is 17.9 Å². The highest BCUT2D eigenvalue weighted by Crippen LogP contribution is 2.31. The Kier molecular flexibility index (Phi) is 4.33. The Bertz CT molecular complexity index is 550. The molecule has 2 rings (SSSR count). The van der Waals surface area contributed by atoms with Crippen LogP contribution in [0.5, 0.6) is 0 Å². The molecule has 1 fully saturated rings. The number of piperazine rings is 1. The standard InChI is InChI=1S/C11H14BrClN2O2S/c1-8-7-14-5-6-15(8)18(16,17)10-4-2-3-9(12)11(10)13/h2-4,8,14H,5-7H2,1H3/t8-/m0/s1. The zero-order chi connectivity index (χ0) is 13.3. The number of sulfonamides is 1. The third-order valence-corrected chi connectivity index (χ3v) is 6.41. The van der Waals surface area contributed by atoms with Gasteiger partial charge in [-0.05, 0) is 35.0 Å². The summed E-state index contributed by atoms with van der Waals surface area (Å²) in [7, 11) is -3.53. The molecule has 7 heteroatoms. The van der Waals surface area contributed by atoms with Gasteiger partial charge >= 0.3 is 0 Å². The molecule has 0 aliphatic carbocycles. The quantitative estimate of drug-likeness (QED) is 0.885. The van der Waals surface area contributed by atoms with Gasteiger partial charge in [0, 0.05) is 30.1 Å². The van der Waals surface area contributed by atoms with Crippen LogP contribution in [0.2, 0.25) is 5.02 Å². The predicted molar refractivity (Wildman–Crippen MR) is 75.4 cm³/mol. The second kappa shape index (κ2) is 5.46. The number of rotatable bonds is 2. The van der Waals surface area contributed by atoms with Gasteiger partial charge in [-0.2, -0.15) is 4.31 Å². The van der Waals surface area contributed by atoms with Crippen LogP contribution in [0.15, 0.2) is 27.6 Å². The second-order valence-electron chi connectivity index (χ2n) is 4.22. The Morgan fingerprint density at radius 2 is 2.22 bits per heavy atom. The fourth-order valence-corrected chi connectivity index (χ4v) is 4.62. The van der Waals surface area contributed by atoms with Crippen molar-refractivity contribution in [3.05, 3.63) is 27.7 Å². The molecule has 1 aliphatic rings. The smallest absolute Gasteiger partial charge is 0.244 e. The van der Waals surface area contributed by atoms with Crippen LogP contribution in [0, 0.1) is 0 Å². The highest BCUT2D eigenvalue weighted by molar-refractivity contribution is 9.10. The molecule has 1 N–H and O–H groups in total. The third-order valence-electron chi connectivity index (χ3n) is 2.94. The lowest BCUT2D eigenvalue weighted by Crippen LogP contribution is -2.52. The van der Waals surface area contributed by atoms with Crippen LogP contribution >= 0.6 is 27.5 Å². The first kappa shape index (κ1) is 14.3. The molecule has 0 aromatic heterocycles. The van der Waals surface area contributed by atoms with Gasteiger partial charge < -0.3 is 5.32 Å². The maximum absolute atomic E-state index is 12.6. The van der Waals surface area contributed by atoms with Gasteiger partial charge in [-0.15, -0.1) is 0 Å². The Morgan fingerprint density at radius 3 is 2.89 bits per heavy atom. The molecule has 1 heterocycles. The summed E-state index contributed by atoms with van der Waals surface area (Å²) in [5.41, 5.74) is 0. The van der Waals surface area contributed by atoms with E-state index in [0.717, 1.165) is 0 Å². The lowest BCUT2D eigenvalue weighted by atomic mass is 10.3. The molecule has 0 spiro atoms. The maximum atomic E-state index is 12.6. The van der Waals surface area contributed by atoms with Gasteiger partial charge in [0.1, 0.15) is 4.90 Å². The van der Waals surface area contributed by atoms with Crippen molar-refractivity contribution in [2.75, 3.05) is 19.6 Å². The second-order valence-corrected chi connectivity index (χ2v) is 7.31.